The number of carbonyl (C=O) groups is 1. The molecular weight excluding hydrogens is 236 g/mol. The van der Waals surface area contributed by atoms with E-state index in [1.54, 1.807) is 0 Å². The molecule has 2 aromatic heterocycles. The van der Waals surface area contributed by atoms with Crippen LogP contribution in [0.25, 0.3) is 21.6 Å². The number of primary amides is 1. The van der Waals surface area contributed by atoms with Gasteiger partial charge in [0.2, 0.25) is 0 Å². The molecule has 0 spiro atoms. The quantitative estimate of drug-likeness (QED) is 0.709. The Bertz CT molecular complexity index is 686. The zero-order valence-electron chi connectivity index (χ0n) is 8.62. The van der Waals surface area contributed by atoms with Crippen molar-refractivity contribution in [2.75, 3.05) is 0 Å². The highest BCUT2D eigenvalue weighted by Gasteiger charge is 2.17. The molecule has 17 heavy (non-hydrogen) atoms. The highest BCUT2D eigenvalue weighted by Crippen LogP contribution is 2.29. The van der Waals surface area contributed by atoms with Gasteiger partial charge in [-0.15, -0.1) is 11.3 Å². The highest BCUT2D eigenvalue weighted by molar-refractivity contribution is 7.16. The molecule has 0 fully saturated rings. The zero-order chi connectivity index (χ0) is 11.8. The predicted octanol–water partition coefficient (Wildman–Crippen LogP) is 1.89. The Hall–Kier alpha value is -2.21. The van der Waals surface area contributed by atoms with E-state index >= 15 is 0 Å². The first kappa shape index (κ1) is 9.98. The van der Waals surface area contributed by atoms with Gasteiger partial charge in [0.15, 0.2) is 11.2 Å². The number of thiazole rings is 1. The number of rotatable bonds is 1. The third-order valence-electron chi connectivity index (χ3n) is 2.37. The average Bonchev–Trinajstić information content (AvgIpc) is 2.90. The number of nitrogens with two attached hydrogens (primary N) is 1. The van der Waals surface area contributed by atoms with Crippen molar-refractivity contribution in [3.8, 4) is 11.3 Å². The van der Waals surface area contributed by atoms with Crippen LogP contribution in [0, 0.1) is 5.51 Å². The maximum Gasteiger partial charge on any atom is 0.341 e. The molecule has 1 radical (unpaired) electrons. The summed E-state index contributed by atoms with van der Waals surface area (Å²) in [5.41, 5.74) is 10.1. The second-order valence-electron chi connectivity index (χ2n) is 3.42. The second-order valence-corrected chi connectivity index (χ2v) is 4.22. The summed E-state index contributed by atoms with van der Waals surface area (Å²) in [4.78, 5) is 15.2. The largest absolute Gasteiger partial charge is 0.350 e. The minimum atomic E-state index is -0.642. The lowest BCUT2D eigenvalue weighted by molar-refractivity contribution is 0.248. The summed E-state index contributed by atoms with van der Waals surface area (Å²) in [5, 5.41) is 4.19. The fourth-order valence-electron chi connectivity index (χ4n) is 1.64. The van der Waals surface area contributed by atoms with Crippen molar-refractivity contribution in [3.05, 3.63) is 35.8 Å². The highest BCUT2D eigenvalue weighted by atomic mass is 32.1. The van der Waals surface area contributed by atoms with Gasteiger partial charge in [-0.3, -0.25) is 0 Å². The monoisotopic (exact) mass is 243 g/mol. The van der Waals surface area contributed by atoms with E-state index in [9.17, 15) is 4.79 Å². The maximum atomic E-state index is 11.2. The molecule has 1 aromatic carbocycles. The molecule has 0 aliphatic carbocycles. The molecule has 0 aliphatic heterocycles. The minimum absolute atomic E-state index is 0.460. The maximum absolute atomic E-state index is 11.2. The van der Waals surface area contributed by atoms with Crippen molar-refractivity contribution >= 4 is 27.7 Å². The number of benzene rings is 1. The van der Waals surface area contributed by atoms with Gasteiger partial charge in [-0.2, -0.15) is 9.78 Å². The van der Waals surface area contributed by atoms with Crippen LogP contribution < -0.4 is 5.73 Å². The van der Waals surface area contributed by atoms with Gasteiger partial charge < -0.3 is 5.73 Å². The molecule has 2 heterocycles. The van der Waals surface area contributed by atoms with Gasteiger partial charge in [0.1, 0.15) is 10.4 Å². The number of nitrogens with zero attached hydrogens (tertiary/aromatic N) is 3. The summed E-state index contributed by atoms with van der Waals surface area (Å²) in [6, 6.07) is 8.95. The van der Waals surface area contributed by atoms with Crippen LogP contribution >= 0.6 is 11.3 Å². The first-order valence-corrected chi connectivity index (χ1v) is 5.70. The molecule has 5 nitrogen and oxygen atoms in total. The van der Waals surface area contributed by atoms with Gasteiger partial charge in [-0.25, -0.2) is 9.78 Å². The van der Waals surface area contributed by atoms with E-state index in [0.717, 1.165) is 14.9 Å². The number of carbonyl (C=O) groups excluding carboxylic acids is 1. The van der Waals surface area contributed by atoms with Gasteiger partial charge in [0.25, 0.3) is 0 Å². The molecule has 0 atom stereocenters. The zero-order valence-corrected chi connectivity index (χ0v) is 9.44. The van der Waals surface area contributed by atoms with Crippen molar-refractivity contribution in [1.82, 2.24) is 14.8 Å². The van der Waals surface area contributed by atoms with Crippen LogP contribution in [-0.2, 0) is 0 Å². The molecule has 1 amide bonds. The van der Waals surface area contributed by atoms with E-state index in [4.69, 9.17) is 5.73 Å². The van der Waals surface area contributed by atoms with Crippen LogP contribution in [0.4, 0.5) is 4.79 Å². The SMILES string of the molecule is NC(=O)n1nc(-c2ccccc2)c2s[c]nc21. The van der Waals surface area contributed by atoms with E-state index in [0.29, 0.717) is 11.3 Å². The average molecular weight is 243 g/mol. The Morgan fingerprint density at radius 1 is 1.35 bits per heavy atom. The fraction of sp³-hybridized carbons (Fsp3) is 0. The molecule has 83 valence electrons. The molecule has 3 rings (SSSR count). The lowest BCUT2D eigenvalue weighted by Gasteiger charge is -1.95. The molecular formula is C11H7N4OS. The molecule has 3 aromatic rings. The van der Waals surface area contributed by atoms with Crippen molar-refractivity contribution in [1.29, 1.82) is 0 Å². The molecule has 0 aliphatic rings. The Morgan fingerprint density at radius 3 is 2.82 bits per heavy atom. The van der Waals surface area contributed by atoms with Crippen molar-refractivity contribution in [3.63, 3.8) is 0 Å². The number of hydrogen-bond donors (Lipinski definition) is 1. The second kappa shape index (κ2) is 3.67. The third-order valence-corrected chi connectivity index (χ3v) is 3.14. The number of amides is 1. The molecule has 0 saturated heterocycles. The normalized spacial score (nSPS) is 10.8. The predicted molar refractivity (Wildman–Crippen MR) is 64.7 cm³/mol. The molecule has 0 saturated carbocycles. The van der Waals surface area contributed by atoms with Gasteiger partial charge >= 0.3 is 6.03 Å². The minimum Gasteiger partial charge on any atom is -0.350 e. The lowest BCUT2D eigenvalue weighted by atomic mass is 10.2. The summed E-state index contributed by atoms with van der Waals surface area (Å²) >= 11 is 1.32. The van der Waals surface area contributed by atoms with Crippen molar-refractivity contribution in [2.24, 2.45) is 5.73 Å². The molecule has 2 N–H and O–H groups in total. The Balaban J connectivity index is 2.31. The first-order chi connectivity index (χ1) is 8.27. The first-order valence-electron chi connectivity index (χ1n) is 4.88. The van der Waals surface area contributed by atoms with Gasteiger partial charge in [0.05, 0.1) is 0 Å². The van der Waals surface area contributed by atoms with Crippen LogP contribution in [0.15, 0.2) is 30.3 Å². The number of aromatic nitrogens is 3. The van der Waals surface area contributed by atoms with Gasteiger partial charge in [-0.05, 0) is 0 Å². The summed E-state index contributed by atoms with van der Waals surface area (Å²) in [7, 11) is 0. The molecule has 6 heteroatoms. The topological polar surface area (TPSA) is 73.8 Å². The summed E-state index contributed by atoms with van der Waals surface area (Å²) in [6.45, 7) is 0. The van der Waals surface area contributed by atoms with Gasteiger partial charge in [-0.1, -0.05) is 30.3 Å². The fourth-order valence-corrected chi connectivity index (χ4v) is 2.34. The summed E-state index contributed by atoms with van der Waals surface area (Å²) in [5.74, 6) is 0. The van der Waals surface area contributed by atoms with Crippen LogP contribution in [0.1, 0.15) is 0 Å². The number of fused-ring (bicyclic) bond motifs is 1. The van der Waals surface area contributed by atoms with E-state index < -0.39 is 6.03 Å². The Kier molecular flexibility index (Phi) is 2.15. The van der Waals surface area contributed by atoms with E-state index in [1.807, 2.05) is 30.3 Å². The van der Waals surface area contributed by atoms with Crippen LogP contribution in [-0.4, -0.2) is 20.8 Å². The Morgan fingerprint density at radius 2 is 2.12 bits per heavy atom. The Labute approximate surface area is 101 Å². The smallest absolute Gasteiger partial charge is 0.341 e. The van der Waals surface area contributed by atoms with Crippen LogP contribution in [0.3, 0.4) is 0 Å². The van der Waals surface area contributed by atoms with Crippen molar-refractivity contribution in [2.45, 2.75) is 0 Å². The van der Waals surface area contributed by atoms with E-state index in [2.05, 4.69) is 15.6 Å². The van der Waals surface area contributed by atoms with E-state index in [-0.39, 0.29) is 0 Å². The third kappa shape index (κ3) is 1.50. The molecule has 0 bridgehead atoms. The number of hydrogen-bond acceptors (Lipinski definition) is 4. The van der Waals surface area contributed by atoms with Gasteiger partial charge in [0, 0.05) is 5.56 Å². The standard InChI is InChI=1S/C11H7N4OS/c12-11(16)15-10-9(17-6-13-10)8(14-15)7-4-2-1-3-5-7/h1-5H,(H2,12,16). The van der Waals surface area contributed by atoms with Crippen LogP contribution in [0.5, 0.6) is 0 Å². The van der Waals surface area contributed by atoms with Crippen molar-refractivity contribution < 1.29 is 4.79 Å². The molecule has 0 unspecified atom stereocenters. The lowest BCUT2D eigenvalue weighted by Crippen LogP contribution is -2.20. The van der Waals surface area contributed by atoms with E-state index in [1.165, 1.54) is 11.3 Å². The summed E-state index contributed by atoms with van der Waals surface area (Å²) in [6.07, 6.45) is 0. The van der Waals surface area contributed by atoms with Crippen LogP contribution in [0.2, 0.25) is 0 Å². The summed E-state index contributed by atoms with van der Waals surface area (Å²) < 4.78 is 1.92.